The lowest BCUT2D eigenvalue weighted by Gasteiger charge is -2.24. The highest BCUT2D eigenvalue weighted by molar-refractivity contribution is 5.84. The number of hydrogen-bond donors (Lipinski definition) is 2. The van der Waals surface area contributed by atoms with E-state index in [9.17, 15) is 4.79 Å². The van der Waals surface area contributed by atoms with E-state index in [0.29, 0.717) is 12.0 Å². The Hall–Kier alpha value is -1.09. The second-order valence-corrected chi connectivity index (χ2v) is 5.70. The Morgan fingerprint density at radius 3 is 2.42 bits per heavy atom. The second-order valence-electron chi connectivity index (χ2n) is 5.70. The van der Waals surface area contributed by atoms with Crippen LogP contribution in [0.25, 0.3) is 0 Å². The smallest absolute Gasteiger partial charge is 0.241 e. The lowest BCUT2D eigenvalue weighted by atomic mass is 9.95. The van der Waals surface area contributed by atoms with E-state index in [0.717, 1.165) is 18.4 Å². The van der Waals surface area contributed by atoms with Gasteiger partial charge in [-0.25, -0.2) is 0 Å². The van der Waals surface area contributed by atoms with Gasteiger partial charge in [0.1, 0.15) is 6.04 Å². The molecule has 2 N–H and O–H groups in total. The highest BCUT2D eigenvalue weighted by Crippen LogP contribution is 2.17. The first-order valence-electron chi connectivity index (χ1n) is 7.39. The van der Waals surface area contributed by atoms with Crippen molar-refractivity contribution in [2.24, 2.45) is 5.92 Å². The van der Waals surface area contributed by atoms with Gasteiger partial charge in [-0.1, -0.05) is 57.4 Å². The summed E-state index contributed by atoms with van der Waals surface area (Å²) in [4.78, 5) is 12.2. The molecule has 3 heteroatoms. The summed E-state index contributed by atoms with van der Waals surface area (Å²) in [5.41, 5.74) is 1.05. The molecule has 0 radical (unpaired) electrons. The molecule has 0 bridgehead atoms. The fraction of sp³-hybridized carbons (Fsp3) is 0.688. The molecule has 0 aromatic heterocycles. The van der Waals surface area contributed by atoms with Crippen molar-refractivity contribution in [2.45, 2.75) is 58.0 Å². The van der Waals surface area contributed by atoms with Crippen molar-refractivity contribution < 1.29 is 4.79 Å². The number of allylic oxidation sites excluding steroid dienone is 2. The molecule has 0 heterocycles. The molecule has 1 atom stereocenters. The van der Waals surface area contributed by atoms with E-state index >= 15 is 0 Å². The monoisotopic (exact) mass is 264 g/mol. The summed E-state index contributed by atoms with van der Waals surface area (Å²) in [5, 5.41) is 6.19. The highest BCUT2D eigenvalue weighted by Gasteiger charge is 2.19. The summed E-state index contributed by atoms with van der Waals surface area (Å²) in [5.74, 6) is 0.484. The van der Waals surface area contributed by atoms with Gasteiger partial charge in [0.25, 0.3) is 0 Å². The average molecular weight is 264 g/mol. The maximum atomic E-state index is 12.2. The zero-order chi connectivity index (χ0) is 14.3. The van der Waals surface area contributed by atoms with E-state index < -0.39 is 0 Å². The molecule has 1 saturated carbocycles. The molecule has 0 spiro atoms. The van der Waals surface area contributed by atoms with E-state index in [1.807, 2.05) is 19.2 Å². The third kappa shape index (κ3) is 5.60. The molecule has 1 aliphatic rings. The largest absolute Gasteiger partial charge is 0.352 e. The number of carbonyl (C=O) groups is 1. The van der Waals surface area contributed by atoms with Crippen LogP contribution in [0.2, 0.25) is 0 Å². The van der Waals surface area contributed by atoms with Crippen LogP contribution in [-0.4, -0.2) is 25.0 Å². The normalized spacial score (nSPS) is 18.7. The van der Waals surface area contributed by atoms with E-state index in [-0.39, 0.29) is 11.9 Å². The summed E-state index contributed by atoms with van der Waals surface area (Å²) in [7, 11) is 1.81. The summed E-state index contributed by atoms with van der Waals surface area (Å²) in [6.45, 7) is 8.19. The maximum absolute atomic E-state index is 12.2. The van der Waals surface area contributed by atoms with Gasteiger partial charge >= 0.3 is 0 Å². The minimum absolute atomic E-state index is 0.0715. The van der Waals surface area contributed by atoms with Gasteiger partial charge < -0.3 is 10.6 Å². The number of amides is 1. The Bertz CT molecular complexity index is 328. The number of nitrogens with one attached hydrogen (secondary N) is 2. The van der Waals surface area contributed by atoms with E-state index in [4.69, 9.17) is 0 Å². The molecule has 19 heavy (non-hydrogen) atoms. The molecule has 0 saturated heterocycles. The summed E-state index contributed by atoms with van der Waals surface area (Å²) < 4.78 is 0. The first kappa shape index (κ1) is 16.0. The van der Waals surface area contributed by atoms with Crippen molar-refractivity contribution in [1.82, 2.24) is 10.6 Å². The molecule has 0 aromatic rings. The van der Waals surface area contributed by atoms with Crippen molar-refractivity contribution in [3.05, 3.63) is 24.3 Å². The Morgan fingerprint density at radius 2 is 1.89 bits per heavy atom. The van der Waals surface area contributed by atoms with Crippen LogP contribution in [0.3, 0.4) is 0 Å². The predicted molar refractivity (Wildman–Crippen MR) is 81.0 cm³/mol. The van der Waals surface area contributed by atoms with E-state index in [1.54, 1.807) is 0 Å². The summed E-state index contributed by atoms with van der Waals surface area (Å²) in [6, 6.07) is 0.0937. The first-order valence-corrected chi connectivity index (χ1v) is 7.39. The van der Waals surface area contributed by atoms with Gasteiger partial charge in [0, 0.05) is 6.04 Å². The first-order chi connectivity index (χ1) is 9.04. The van der Waals surface area contributed by atoms with Crippen LogP contribution in [0.15, 0.2) is 24.3 Å². The van der Waals surface area contributed by atoms with Crippen molar-refractivity contribution in [2.75, 3.05) is 7.05 Å². The van der Waals surface area contributed by atoms with Crippen molar-refractivity contribution >= 4 is 5.91 Å². The van der Waals surface area contributed by atoms with Gasteiger partial charge in [-0.3, -0.25) is 4.79 Å². The lowest BCUT2D eigenvalue weighted by molar-refractivity contribution is -0.122. The molecule has 1 rings (SSSR count). The molecule has 0 aromatic carbocycles. The predicted octanol–water partition coefficient (Wildman–Crippen LogP) is 2.79. The van der Waals surface area contributed by atoms with Gasteiger partial charge in [-0.05, 0) is 25.8 Å². The van der Waals surface area contributed by atoms with Gasteiger partial charge in [0.05, 0.1) is 0 Å². The van der Waals surface area contributed by atoms with Crippen LogP contribution in [-0.2, 0) is 4.79 Å². The maximum Gasteiger partial charge on any atom is 0.241 e. The van der Waals surface area contributed by atoms with Gasteiger partial charge in [0.2, 0.25) is 5.91 Å². The van der Waals surface area contributed by atoms with Crippen molar-refractivity contribution in [1.29, 1.82) is 0 Å². The Labute approximate surface area is 117 Å². The minimum Gasteiger partial charge on any atom is -0.352 e. The Kier molecular flexibility index (Phi) is 6.85. The number of likely N-dealkylation sites (N-methyl/N-ethyl adjacent to an activating group) is 1. The molecule has 108 valence electrons. The van der Waals surface area contributed by atoms with Crippen LogP contribution in [0.5, 0.6) is 0 Å². The fourth-order valence-corrected chi connectivity index (χ4v) is 2.26. The summed E-state index contributed by atoms with van der Waals surface area (Å²) >= 11 is 0. The third-order valence-corrected chi connectivity index (χ3v) is 3.79. The molecular weight excluding hydrogens is 236 g/mol. The molecule has 1 fully saturated rings. The summed E-state index contributed by atoms with van der Waals surface area (Å²) in [6.07, 6.45) is 9.85. The highest BCUT2D eigenvalue weighted by atomic mass is 16.2. The standard InChI is InChI=1S/C16H28N2O/c1-12(2)13(3)10-11-15(17-4)16(19)18-14-8-6-5-7-9-14/h10-12,14-15,17H,3,5-9H2,1-2,4H3,(H,18,19)/b11-10-. The second kappa shape index (κ2) is 8.16. The van der Waals surface area contributed by atoms with E-state index in [2.05, 4.69) is 31.1 Å². The van der Waals surface area contributed by atoms with Crippen LogP contribution in [0.1, 0.15) is 46.0 Å². The van der Waals surface area contributed by atoms with Gasteiger partial charge in [-0.15, -0.1) is 0 Å². The molecule has 1 aliphatic carbocycles. The van der Waals surface area contributed by atoms with Crippen molar-refractivity contribution in [3.63, 3.8) is 0 Å². The number of hydrogen-bond acceptors (Lipinski definition) is 2. The Morgan fingerprint density at radius 1 is 1.26 bits per heavy atom. The van der Waals surface area contributed by atoms with Crippen LogP contribution < -0.4 is 10.6 Å². The molecular formula is C16H28N2O. The molecule has 0 aliphatic heterocycles. The molecule has 1 amide bonds. The lowest BCUT2D eigenvalue weighted by Crippen LogP contribution is -2.46. The number of carbonyl (C=O) groups excluding carboxylic acids is 1. The molecule has 3 nitrogen and oxygen atoms in total. The van der Waals surface area contributed by atoms with Crippen LogP contribution >= 0.6 is 0 Å². The number of rotatable bonds is 6. The van der Waals surface area contributed by atoms with Crippen molar-refractivity contribution in [3.8, 4) is 0 Å². The zero-order valence-electron chi connectivity index (χ0n) is 12.5. The molecule has 1 unspecified atom stereocenters. The van der Waals surface area contributed by atoms with E-state index in [1.165, 1.54) is 19.3 Å². The van der Waals surface area contributed by atoms with Gasteiger partial charge in [0.15, 0.2) is 0 Å². The van der Waals surface area contributed by atoms with Gasteiger partial charge in [-0.2, -0.15) is 0 Å². The van der Waals surface area contributed by atoms with Crippen LogP contribution in [0.4, 0.5) is 0 Å². The van der Waals surface area contributed by atoms with Crippen LogP contribution in [0, 0.1) is 5.92 Å². The average Bonchev–Trinajstić information content (AvgIpc) is 2.40. The third-order valence-electron chi connectivity index (χ3n) is 3.79. The fourth-order valence-electron chi connectivity index (χ4n) is 2.26. The minimum atomic E-state index is -0.266. The topological polar surface area (TPSA) is 41.1 Å². The quantitative estimate of drug-likeness (QED) is 0.724. The Balaban J connectivity index is 2.48. The SMILES string of the molecule is C=C(/C=C\C(NC)C(=O)NC1CCCCC1)C(C)C. The zero-order valence-corrected chi connectivity index (χ0v) is 12.5.